The van der Waals surface area contributed by atoms with Gasteiger partial charge in [0.2, 0.25) is 11.7 Å². The molecule has 0 saturated carbocycles. The topological polar surface area (TPSA) is 132 Å². The van der Waals surface area contributed by atoms with Crippen LogP contribution in [0.4, 0.5) is 0 Å². The van der Waals surface area contributed by atoms with E-state index in [1.54, 1.807) is 31.2 Å². The van der Waals surface area contributed by atoms with Crippen LogP contribution < -0.4 is 14.2 Å². The number of aromatic nitrogens is 7. The summed E-state index contributed by atoms with van der Waals surface area (Å²) < 4.78 is 28.9. The minimum absolute atomic E-state index is 0.138. The molecule has 0 amide bonds. The highest BCUT2D eigenvalue weighted by Crippen LogP contribution is 2.28. The van der Waals surface area contributed by atoms with Crippen LogP contribution in [0.5, 0.6) is 17.5 Å². The minimum Gasteiger partial charge on any atom is -0.491 e. The van der Waals surface area contributed by atoms with Crippen molar-refractivity contribution in [1.29, 1.82) is 0 Å². The summed E-state index contributed by atoms with van der Waals surface area (Å²) in [5.41, 5.74) is 1.62. The molecule has 1 unspecified atom stereocenters. The molecule has 0 radical (unpaired) electrons. The first-order chi connectivity index (χ1) is 15.7. The summed E-state index contributed by atoms with van der Waals surface area (Å²) in [4.78, 5) is 0. The highest BCUT2D eigenvalue weighted by Gasteiger charge is 2.18. The molecule has 1 fully saturated rings. The van der Waals surface area contributed by atoms with Gasteiger partial charge in [-0.15, -0.1) is 25.5 Å². The van der Waals surface area contributed by atoms with Gasteiger partial charge in [0.15, 0.2) is 17.1 Å². The van der Waals surface area contributed by atoms with Crippen molar-refractivity contribution >= 4 is 5.65 Å². The summed E-state index contributed by atoms with van der Waals surface area (Å²) in [6.07, 6.45) is 1.00. The quantitative estimate of drug-likeness (QED) is 0.398. The Labute approximate surface area is 182 Å². The number of methoxy groups -OCH3 is 1. The van der Waals surface area contributed by atoms with Crippen LogP contribution >= 0.6 is 0 Å². The Morgan fingerprint density at radius 1 is 1.12 bits per heavy atom. The molecule has 1 aliphatic rings. The molecule has 0 aromatic carbocycles. The Balaban J connectivity index is 1.29. The Hall–Kier alpha value is -3.80. The summed E-state index contributed by atoms with van der Waals surface area (Å²) in [7, 11) is 1.53. The lowest BCUT2D eigenvalue weighted by Crippen LogP contribution is -2.13. The second kappa shape index (κ2) is 8.75. The molecule has 0 spiro atoms. The van der Waals surface area contributed by atoms with E-state index >= 15 is 0 Å². The van der Waals surface area contributed by atoms with Gasteiger partial charge >= 0.3 is 0 Å². The van der Waals surface area contributed by atoms with Crippen molar-refractivity contribution in [3.8, 4) is 29.0 Å². The minimum atomic E-state index is 0.138. The molecule has 1 saturated heterocycles. The van der Waals surface area contributed by atoms with Gasteiger partial charge < -0.3 is 23.5 Å². The maximum absolute atomic E-state index is 5.85. The first-order valence-electron chi connectivity index (χ1n) is 10.1. The Kier molecular flexibility index (Phi) is 5.50. The van der Waals surface area contributed by atoms with Crippen molar-refractivity contribution in [2.24, 2.45) is 5.92 Å². The Morgan fingerprint density at radius 2 is 2.06 bits per heavy atom. The van der Waals surface area contributed by atoms with Gasteiger partial charge in [0.1, 0.15) is 18.1 Å². The third-order valence-electron chi connectivity index (χ3n) is 4.95. The van der Waals surface area contributed by atoms with Gasteiger partial charge in [-0.3, -0.25) is 0 Å². The van der Waals surface area contributed by atoms with Gasteiger partial charge in [-0.1, -0.05) is 5.16 Å². The first-order valence-corrected chi connectivity index (χ1v) is 10.1. The van der Waals surface area contributed by atoms with Crippen LogP contribution in [-0.4, -0.2) is 62.1 Å². The van der Waals surface area contributed by atoms with Crippen LogP contribution in [0.25, 0.3) is 17.2 Å². The molecule has 0 bridgehead atoms. The van der Waals surface area contributed by atoms with Crippen LogP contribution in [0.1, 0.15) is 17.9 Å². The van der Waals surface area contributed by atoms with Crippen LogP contribution in [-0.2, 0) is 11.3 Å². The van der Waals surface area contributed by atoms with E-state index in [1.807, 2.05) is 0 Å². The fraction of sp³-hybridized carbons (Fsp3) is 0.400. The fourth-order valence-corrected chi connectivity index (χ4v) is 3.24. The molecule has 1 aliphatic heterocycles. The molecule has 12 heteroatoms. The maximum atomic E-state index is 5.85. The molecular formula is C20H21N7O5. The summed E-state index contributed by atoms with van der Waals surface area (Å²) in [6.45, 7) is 4.01. The average Bonchev–Trinajstić information content (AvgIpc) is 3.57. The second-order valence-electron chi connectivity index (χ2n) is 7.33. The third kappa shape index (κ3) is 4.17. The van der Waals surface area contributed by atoms with Crippen molar-refractivity contribution in [3.63, 3.8) is 0 Å². The van der Waals surface area contributed by atoms with Crippen molar-refractivity contribution in [3.05, 3.63) is 35.7 Å². The first kappa shape index (κ1) is 20.1. The number of hydrogen-bond donors (Lipinski definition) is 0. The van der Waals surface area contributed by atoms with Crippen molar-refractivity contribution in [2.45, 2.75) is 20.0 Å². The van der Waals surface area contributed by atoms with E-state index in [0.29, 0.717) is 52.8 Å². The predicted octanol–water partition coefficient (Wildman–Crippen LogP) is 1.88. The number of aryl methyl sites for hydroxylation is 1. The van der Waals surface area contributed by atoms with Crippen LogP contribution in [0.3, 0.4) is 0 Å². The Bertz CT molecular complexity index is 1200. The number of hydrogen-bond acceptors (Lipinski definition) is 11. The number of nitrogens with zero attached hydrogens (tertiary/aromatic N) is 7. The number of rotatable bonds is 8. The lowest BCUT2D eigenvalue weighted by molar-refractivity contribution is 0.165. The normalized spacial score (nSPS) is 15.9. The standard InChI is InChI=1S/C20H21N7O5/c1-12-7-15(26-32-12)19-24-22-17-8-16(28-2)20(25-27(17)19)31-11-14-3-4-18(23-21-14)30-10-13-5-6-29-9-13/h3-4,7-8,13H,5-6,9-11H2,1-2H3. The third-order valence-corrected chi connectivity index (χ3v) is 4.95. The molecule has 12 nitrogen and oxygen atoms in total. The summed E-state index contributed by atoms with van der Waals surface area (Å²) in [5, 5.41) is 25.0. The van der Waals surface area contributed by atoms with Crippen LogP contribution in [0.2, 0.25) is 0 Å². The van der Waals surface area contributed by atoms with Gasteiger partial charge in [-0.2, -0.15) is 4.52 Å². The van der Waals surface area contributed by atoms with Crippen LogP contribution in [0.15, 0.2) is 28.8 Å². The van der Waals surface area contributed by atoms with E-state index in [9.17, 15) is 0 Å². The molecule has 0 N–H and O–H groups in total. The predicted molar refractivity (Wildman–Crippen MR) is 108 cm³/mol. The zero-order valence-electron chi connectivity index (χ0n) is 17.6. The number of fused-ring (bicyclic) bond motifs is 1. The van der Waals surface area contributed by atoms with E-state index in [0.717, 1.165) is 19.6 Å². The molecule has 1 atom stereocenters. The van der Waals surface area contributed by atoms with Gasteiger partial charge in [-0.05, 0) is 19.4 Å². The Morgan fingerprint density at radius 3 is 2.78 bits per heavy atom. The molecule has 32 heavy (non-hydrogen) atoms. The average molecular weight is 439 g/mol. The lowest BCUT2D eigenvalue weighted by Gasteiger charge is -2.10. The smallest absolute Gasteiger partial charge is 0.275 e. The van der Waals surface area contributed by atoms with Gasteiger partial charge in [-0.25, -0.2) is 0 Å². The van der Waals surface area contributed by atoms with Gasteiger partial charge in [0.05, 0.1) is 20.3 Å². The van der Waals surface area contributed by atoms with Gasteiger partial charge in [0, 0.05) is 30.7 Å². The molecular weight excluding hydrogens is 418 g/mol. The number of ether oxygens (including phenoxy) is 4. The highest BCUT2D eigenvalue weighted by molar-refractivity contribution is 5.56. The van der Waals surface area contributed by atoms with Crippen molar-refractivity contribution < 1.29 is 23.5 Å². The van der Waals surface area contributed by atoms with E-state index in [4.69, 9.17) is 23.5 Å². The molecule has 5 heterocycles. The maximum Gasteiger partial charge on any atom is 0.275 e. The van der Waals surface area contributed by atoms with Gasteiger partial charge in [0.25, 0.3) is 5.88 Å². The monoisotopic (exact) mass is 439 g/mol. The highest BCUT2D eigenvalue weighted by atomic mass is 16.5. The van der Waals surface area contributed by atoms with Crippen LogP contribution in [0, 0.1) is 12.8 Å². The zero-order chi connectivity index (χ0) is 21.9. The summed E-state index contributed by atoms with van der Waals surface area (Å²) >= 11 is 0. The lowest BCUT2D eigenvalue weighted by atomic mass is 10.1. The second-order valence-corrected chi connectivity index (χ2v) is 7.33. The largest absolute Gasteiger partial charge is 0.491 e. The molecule has 166 valence electrons. The molecule has 4 aromatic rings. The van der Waals surface area contributed by atoms with E-state index in [1.165, 1.54) is 11.6 Å². The molecule has 0 aliphatic carbocycles. The van der Waals surface area contributed by atoms with E-state index < -0.39 is 0 Å². The molecule has 4 aromatic heterocycles. The fourth-order valence-electron chi connectivity index (χ4n) is 3.24. The SMILES string of the molecule is COc1cc2nnc(-c3cc(C)on3)n2nc1OCc1ccc(OCC2CCOC2)nn1. The van der Waals surface area contributed by atoms with Crippen molar-refractivity contribution in [1.82, 2.24) is 35.2 Å². The summed E-state index contributed by atoms with van der Waals surface area (Å²) in [5.74, 6) is 2.62. The zero-order valence-corrected chi connectivity index (χ0v) is 17.6. The van der Waals surface area contributed by atoms with Crippen molar-refractivity contribution in [2.75, 3.05) is 26.9 Å². The molecule has 5 rings (SSSR count). The van der Waals surface area contributed by atoms with E-state index in [-0.39, 0.29) is 12.5 Å². The van der Waals surface area contributed by atoms with E-state index in [2.05, 4.69) is 30.7 Å². The summed E-state index contributed by atoms with van der Waals surface area (Å²) in [6, 6.07) is 6.99.